The van der Waals surface area contributed by atoms with Crippen LogP contribution in [-0.2, 0) is 19.4 Å². The third-order valence-corrected chi connectivity index (χ3v) is 5.44. The average molecular weight is 259 g/mol. The van der Waals surface area contributed by atoms with Crippen LogP contribution in [0.3, 0.4) is 0 Å². The summed E-state index contributed by atoms with van der Waals surface area (Å²) < 4.78 is 26.9. The Balaban J connectivity index is 3.01. The smallest absolute Gasteiger partial charge is 0.309 e. The molecule has 0 radical (unpaired) electrons. The van der Waals surface area contributed by atoms with Gasteiger partial charge in [-0.05, 0) is 25.7 Å². The fourth-order valence-electron chi connectivity index (χ4n) is 2.46. The summed E-state index contributed by atoms with van der Waals surface area (Å²) in [7, 11) is -3.51. The lowest BCUT2D eigenvalue weighted by molar-refractivity contribution is -0.147. The molecular formula is C11H17NO4S. The maximum Gasteiger partial charge on any atom is 0.309 e. The molecule has 96 valence electrons. The monoisotopic (exact) mass is 259 g/mol. The van der Waals surface area contributed by atoms with Gasteiger partial charge in [-0.25, -0.2) is 8.42 Å². The Hall–Kier alpha value is -1.09. The van der Waals surface area contributed by atoms with Crippen LogP contribution in [0.1, 0.15) is 26.7 Å². The lowest BCUT2D eigenvalue weighted by atomic mass is 9.99. The highest BCUT2D eigenvalue weighted by Gasteiger charge is 2.55. The zero-order valence-corrected chi connectivity index (χ0v) is 11.1. The van der Waals surface area contributed by atoms with Crippen LogP contribution in [0.2, 0.25) is 0 Å². The molecule has 1 aliphatic carbocycles. The Morgan fingerprint density at radius 2 is 2.18 bits per heavy atom. The second kappa shape index (κ2) is 4.65. The molecule has 3 unspecified atom stereocenters. The molecule has 1 fully saturated rings. The van der Waals surface area contributed by atoms with Crippen molar-refractivity contribution in [1.29, 1.82) is 5.26 Å². The normalized spacial score (nSPS) is 33.1. The number of hydrogen-bond donors (Lipinski definition) is 0. The van der Waals surface area contributed by atoms with Gasteiger partial charge in [0.2, 0.25) is 0 Å². The molecule has 0 aliphatic heterocycles. The number of rotatable bonds is 3. The van der Waals surface area contributed by atoms with E-state index in [1.807, 2.05) is 6.07 Å². The van der Waals surface area contributed by atoms with E-state index in [2.05, 4.69) is 0 Å². The SMILES string of the molecule is CCOC(=O)C1CC(C)C(C#N)(S(C)(=O)=O)C1. The molecule has 1 rings (SSSR count). The molecule has 0 aromatic heterocycles. The van der Waals surface area contributed by atoms with Gasteiger partial charge in [0.1, 0.15) is 0 Å². The molecule has 0 aromatic rings. The first-order valence-electron chi connectivity index (χ1n) is 5.56. The van der Waals surface area contributed by atoms with E-state index in [0.29, 0.717) is 6.42 Å². The van der Waals surface area contributed by atoms with E-state index >= 15 is 0 Å². The molecule has 5 nitrogen and oxygen atoms in total. The van der Waals surface area contributed by atoms with Crippen molar-refractivity contribution in [1.82, 2.24) is 0 Å². The summed E-state index contributed by atoms with van der Waals surface area (Å²) in [5.41, 5.74) is 0. The number of ether oxygens (including phenoxy) is 1. The van der Waals surface area contributed by atoms with Crippen molar-refractivity contribution in [2.75, 3.05) is 12.9 Å². The predicted molar refractivity (Wildman–Crippen MR) is 61.7 cm³/mol. The van der Waals surface area contributed by atoms with Crippen LogP contribution in [0, 0.1) is 23.2 Å². The van der Waals surface area contributed by atoms with Crippen LogP contribution in [0.5, 0.6) is 0 Å². The van der Waals surface area contributed by atoms with Crippen molar-refractivity contribution >= 4 is 15.8 Å². The fraction of sp³-hybridized carbons (Fsp3) is 0.818. The van der Waals surface area contributed by atoms with E-state index in [0.717, 1.165) is 6.26 Å². The Kier molecular flexibility index (Phi) is 3.82. The minimum Gasteiger partial charge on any atom is -0.466 e. The van der Waals surface area contributed by atoms with E-state index < -0.39 is 26.5 Å². The molecule has 0 N–H and O–H groups in total. The molecule has 0 saturated heterocycles. The van der Waals surface area contributed by atoms with Gasteiger partial charge in [-0.2, -0.15) is 5.26 Å². The predicted octanol–water partition coefficient (Wildman–Crippen LogP) is 0.903. The Labute approximate surface area is 102 Å². The van der Waals surface area contributed by atoms with Gasteiger partial charge >= 0.3 is 5.97 Å². The zero-order chi connectivity index (χ0) is 13.3. The molecule has 1 aliphatic rings. The van der Waals surface area contributed by atoms with E-state index in [9.17, 15) is 18.5 Å². The second-order valence-electron chi connectivity index (χ2n) is 4.56. The first kappa shape index (κ1) is 14.0. The van der Waals surface area contributed by atoms with Crippen LogP contribution < -0.4 is 0 Å². The summed E-state index contributed by atoms with van der Waals surface area (Å²) in [5, 5.41) is 9.17. The van der Waals surface area contributed by atoms with E-state index in [1.54, 1.807) is 13.8 Å². The topological polar surface area (TPSA) is 84.2 Å². The van der Waals surface area contributed by atoms with Crippen LogP contribution in [0.25, 0.3) is 0 Å². The molecule has 6 heteroatoms. The van der Waals surface area contributed by atoms with Crippen molar-refractivity contribution in [3.63, 3.8) is 0 Å². The highest BCUT2D eigenvalue weighted by atomic mass is 32.2. The zero-order valence-electron chi connectivity index (χ0n) is 10.3. The number of esters is 1. The first-order valence-corrected chi connectivity index (χ1v) is 7.45. The highest BCUT2D eigenvalue weighted by Crippen LogP contribution is 2.44. The van der Waals surface area contributed by atoms with Gasteiger partial charge in [-0.1, -0.05) is 6.92 Å². The van der Waals surface area contributed by atoms with Gasteiger partial charge in [0.05, 0.1) is 18.6 Å². The molecule has 1 saturated carbocycles. The molecule has 0 heterocycles. The Bertz CT molecular complexity index is 451. The lowest BCUT2D eigenvalue weighted by Crippen LogP contribution is -2.39. The average Bonchev–Trinajstić information content (AvgIpc) is 2.56. The summed E-state index contributed by atoms with van der Waals surface area (Å²) in [4.78, 5) is 11.6. The Morgan fingerprint density at radius 1 is 1.59 bits per heavy atom. The molecule has 0 bridgehead atoms. The van der Waals surface area contributed by atoms with Crippen molar-refractivity contribution in [3.05, 3.63) is 0 Å². The van der Waals surface area contributed by atoms with Crippen molar-refractivity contribution in [2.24, 2.45) is 11.8 Å². The van der Waals surface area contributed by atoms with Gasteiger partial charge in [0.15, 0.2) is 14.6 Å². The molecular weight excluding hydrogens is 242 g/mol. The largest absolute Gasteiger partial charge is 0.466 e. The quantitative estimate of drug-likeness (QED) is 0.703. The lowest BCUT2D eigenvalue weighted by Gasteiger charge is -2.23. The summed E-state index contributed by atoms with van der Waals surface area (Å²) in [6, 6.07) is 1.90. The summed E-state index contributed by atoms with van der Waals surface area (Å²) in [6.45, 7) is 3.66. The minimum atomic E-state index is -3.51. The standard InChI is InChI=1S/C11H17NO4S/c1-4-16-10(13)9-5-8(2)11(6-9,7-12)17(3,14)15/h8-9H,4-6H2,1-3H3. The van der Waals surface area contributed by atoms with E-state index in [1.165, 1.54) is 0 Å². The van der Waals surface area contributed by atoms with Crippen LogP contribution >= 0.6 is 0 Å². The van der Waals surface area contributed by atoms with Crippen molar-refractivity contribution in [3.8, 4) is 6.07 Å². The van der Waals surface area contributed by atoms with Crippen molar-refractivity contribution < 1.29 is 17.9 Å². The number of carbonyl (C=O) groups is 1. The third kappa shape index (κ3) is 2.29. The Morgan fingerprint density at radius 3 is 2.53 bits per heavy atom. The van der Waals surface area contributed by atoms with Gasteiger partial charge in [0.25, 0.3) is 0 Å². The van der Waals surface area contributed by atoms with Gasteiger partial charge in [-0.15, -0.1) is 0 Å². The van der Waals surface area contributed by atoms with Gasteiger partial charge < -0.3 is 4.74 Å². The number of hydrogen-bond acceptors (Lipinski definition) is 5. The summed E-state index contributed by atoms with van der Waals surface area (Å²) >= 11 is 0. The number of carbonyl (C=O) groups excluding carboxylic acids is 1. The van der Waals surface area contributed by atoms with Crippen molar-refractivity contribution in [2.45, 2.75) is 31.4 Å². The fourth-order valence-corrected chi connectivity index (χ4v) is 3.96. The number of nitrogens with zero attached hydrogens (tertiary/aromatic N) is 1. The minimum absolute atomic E-state index is 0.0440. The molecule has 17 heavy (non-hydrogen) atoms. The van der Waals surface area contributed by atoms with Crippen LogP contribution in [0.4, 0.5) is 0 Å². The summed E-state index contributed by atoms with van der Waals surface area (Å²) in [6.07, 6.45) is 1.49. The first-order chi connectivity index (χ1) is 7.78. The molecule has 0 aromatic carbocycles. The highest BCUT2D eigenvalue weighted by molar-refractivity contribution is 7.92. The summed E-state index contributed by atoms with van der Waals surface area (Å²) in [5.74, 6) is -1.24. The van der Waals surface area contributed by atoms with E-state index in [4.69, 9.17) is 4.74 Å². The third-order valence-electron chi connectivity index (χ3n) is 3.45. The molecule has 3 atom stereocenters. The number of sulfone groups is 1. The number of nitriles is 1. The maximum absolute atomic E-state index is 11.7. The van der Waals surface area contributed by atoms with Gasteiger partial charge in [0, 0.05) is 6.26 Å². The van der Waals surface area contributed by atoms with E-state index in [-0.39, 0.29) is 18.9 Å². The van der Waals surface area contributed by atoms with Gasteiger partial charge in [-0.3, -0.25) is 4.79 Å². The molecule has 0 spiro atoms. The van der Waals surface area contributed by atoms with Crippen LogP contribution in [-0.4, -0.2) is 32.0 Å². The maximum atomic E-state index is 11.7. The van der Waals surface area contributed by atoms with Crippen LogP contribution in [0.15, 0.2) is 0 Å². The second-order valence-corrected chi connectivity index (χ2v) is 6.84. The molecule has 0 amide bonds.